The predicted molar refractivity (Wildman–Crippen MR) is 381 cm³/mol. The van der Waals surface area contributed by atoms with Crippen LogP contribution in [0.15, 0.2) is 165 Å². The Labute approximate surface area is 647 Å². The largest absolute Gasteiger partial charge is 0.493 e. The second-order valence-corrected chi connectivity index (χ2v) is 33.2. The molecular formula is C74H70F16N10O10S4. The van der Waals surface area contributed by atoms with Gasteiger partial charge in [-0.3, -0.25) is 28.9 Å². The number of benzene rings is 6. The third-order valence-electron chi connectivity index (χ3n) is 20.6. The summed E-state index contributed by atoms with van der Waals surface area (Å²) in [5.41, 5.74) is 3.82. The van der Waals surface area contributed by atoms with Crippen molar-refractivity contribution in [2.75, 3.05) is 53.6 Å². The zero-order chi connectivity index (χ0) is 80.7. The van der Waals surface area contributed by atoms with E-state index in [4.69, 9.17) is 14.2 Å². The molecule has 3 saturated heterocycles. The summed E-state index contributed by atoms with van der Waals surface area (Å²) < 4.78 is 327. The number of likely N-dealkylation sites (tertiary alicyclic amines) is 3. The van der Waals surface area contributed by atoms with E-state index in [9.17, 15) is 82.3 Å². The van der Waals surface area contributed by atoms with Gasteiger partial charge in [-0.2, -0.15) is 39.5 Å². The fourth-order valence-corrected chi connectivity index (χ4v) is 19.2. The Balaban J connectivity index is 0.000000158. The molecule has 612 valence electrons. The molecule has 0 unspecified atom stereocenters. The Morgan fingerprint density at radius 2 is 0.754 bits per heavy atom. The number of piperidine rings is 3. The molecule has 15 rings (SSSR count). The molecule has 0 aliphatic carbocycles. The summed E-state index contributed by atoms with van der Waals surface area (Å²) in [6.07, 6.45) is -11.4. The molecule has 3 N–H and O–H groups in total. The minimum atomic E-state index is -4.48. The van der Waals surface area contributed by atoms with Crippen molar-refractivity contribution in [1.29, 1.82) is 0 Å². The Morgan fingerprint density at radius 1 is 0.412 bits per heavy atom. The number of rotatable bonds is 15. The molecule has 0 saturated carbocycles. The van der Waals surface area contributed by atoms with E-state index in [0.717, 1.165) is 72.3 Å². The molecule has 3 fully saturated rings. The highest BCUT2D eigenvalue weighted by atomic mass is 32.2. The van der Waals surface area contributed by atoms with Crippen LogP contribution in [0.25, 0.3) is 0 Å². The molecule has 0 bridgehead atoms. The lowest BCUT2D eigenvalue weighted by atomic mass is 9.84. The molecule has 20 nitrogen and oxygen atoms in total. The quantitative estimate of drug-likeness (QED) is 0.0808. The first-order chi connectivity index (χ1) is 53.5. The average molecular weight is 1690 g/mol. The number of aromatic nitrogens is 4. The van der Waals surface area contributed by atoms with Crippen molar-refractivity contribution >= 4 is 58.2 Å². The molecule has 9 atom stereocenters. The van der Waals surface area contributed by atoms with Crippen molar-refractivity contribution < 1.29 is 114 Å². The van der Waals surface area contributed by atoms with Crippen molar-refractivity contribution in [3.63, 3.8) is 0 Å². The molecule has 40 heteroatoms. The van der Waals surface area contributed by atoms with E-state index in [1.807, 2.05) is 14.7 Å². The van der Waals surface area contributed by atoms with Gasteiger partial charge < -0.3 is 18.7 Å². The molecule has 0 amide bonds. The molecule has 6 aliphatic rings. The third-order valence-corrected chi connectivity index (χ3v) is 25.4. The van der Waals surface area contributed by atoms with E-state index in [-0.39, 0.29) is 119 Å². The standard InChI is InChI=1S/C26H23F6N3O3S.C24H22F5N3O4S.C23H21F5N4O3S2.CH4/c27-17-3-1-15(2-4-17)22-11-16(26(30,31)32)7-9-35(22)21-8-10-38-23-13-24(20(29)12-19(21)23)39(36,37)34-25-6-5-18(28)14-33-25;25-16-3-1-14(2-4-16)20-11-15(24(27,28)29)5-8-32(20)19-6-9-35-21-13-22(18(26)12-17(19)21)37(33,34)31-23-7-10-36-30-23;24-15-3-1-13(2-4-15)19-9-14(23(26,27)28)5-7-32(19)18-6-8-35-20-11-21(17(25)10-16(18)20)37(33,34)31-22-30-29-12-36-22;/h1-6,12-14,16,21-22H,7-11H2,(H,33,34);1-4,7,10,12-13,15,19-20H,5-6,8-9,11H2,(H,30,31);1-4,10-12,14,18-19H,5-9H2,(H,30,31);1H4/t16-,21+,22+;15-,19+,20+;14-,18+,19+;/m111./s1. The maximum atomic E-state index is 15.3. The Hall–Kier alpha value is -9.35. The number of alkyl halides is 9. The molecule has 114 heavy (non-hydrogen) atoms. The molecule has 6 aliphatic heterocycles. The molecule has 6 aromatic carbocycles. The Bertz CT molecular complexity index is 4990. The monoisotopic (exact) mass is 1690 g/mol. The van der Waals surface area contributed by atoms with E-state index in [1.54, 1.807) is 0 Å². The highest BCUT2D eigenvalue weighted by Crippen LogP contribution is 2.53. The Morgan fingerprint density at radius 3 is 1.06 bits per heavy atom. The maximum Gasteiger partial charge on any atom is 0.391 e. The van der Waals surface area contributed by atoms with Gasteiger partial charge in [-0.05, 0) is 142 Å². The third kappa shape index (κ3) is 18.9. The van der Waals surface area contributed by atoms with E-state index < -0.39 is 158 Å². The van der Waals surface area contributed by atoms with Crippen LogP contribution in [0.5, 0.6) is 17.2 Å². The fourth-order valence-electron chi connectivity index (χ4n) is 15.2. The molecule has 9 aromatic rings. The number of nitrogens with one attached hydrogen (secondary N) is 3. The van der Waals surface area contributed by atoms with Crippen molar-refractivity contribution in [1.82, 2.24) is 35.0 Å². The molecule has 0 spiro atoms. The lowest BCUT2D eigenvalue weighted by molar-refractivity contribution is -0.193. The van der Waals surface area contributed by atoms with Crippen molar-refractivity contribution in [3.05, 3.63) is 219 Å². The number of hydrogen-bond donors (Lipinski definition) is 3. The number of pyridine rings is 1. The second kappa shape index (κ2) is 33.8. The molecular weight excluding hydrogens is 1620 g/mol. The van der Waals surface area contributed by atoms with Gasteiger partial charge in [0.15, 0.2) is 5.82 Å². The zero-order valence-electron chi connectivity index (χ0n) is 58.6. The normalized spacial score (nSPS) is 22.4. The minimum Gasteiger partial charge on any atom is -0.493 e. The van der Waals surface area contributed by atoms with Crippen LogP contribution in [0.4, 0.5) is 87.0 Å². The number of anilines is 3. The van der Waals surface area contributed by atoms with Crippen LogP contribution < -0.4 is 28.4 Å². The van der Waals surface area contributed by atoms with Crippen LogP contribution in [0.2, 0.25) is 0 Å². The summed E-state index contributed by atoms with van der Waals surface area (Å²) in [4.78, 5) is 7.10. The first-order valence-electron chi connectivity index (χ1n) is 35.0. The summed E-state index contributed by atoms with van der Waals surface area (Å²) >= 11 is 0.923. The second-order valence-electron chi connectivity index (χ2n) is 27.4. The average Bonchev–Trinajstić information content (AvgIpc) is 0.906. The number of halogens is 16. The van der Waals surface area contributed by atoms with Gasteiger partial charge in [-0.25, -0.2) is 61.0 Å². The first kappa shape index (κ1) is 84.1. The van der Waals surface area contributed by atoms with Gasteiger partial charge >= 0.3 is 18.5 Å². The molecule has 9 heterocycles. The van der Waals surface area contributed by atoms with Crippen molar-refractivity contribution in [3.8, 4) is 17.2 Å². The SMILES string of the molecule is C.O=S(=O)(Nc1ccc(F)cn1)c1cc2c(cc1F)[C@@H](N1CC[C@@H](C(F)(F)F)C[C@H]1c1ccc(F)cc1)CCO2.O=S(=O)(Nc1ccon1)c1cc2c(cc1F)[C@@H](N1CC[C@@H](C(F)(F)F)C[C@H]1c1ccc(F)cc1)CCO2.O=S(=O)(Nc1nncs1)c1cc2c(cc1F)[C@@H](N1CC[C@@H](C(F)(F)F)C[C@H]1c1ccc(F)cc1)CCO2. The van der Waals surface area contributed by atoms with Gasteiger partial charge in [0.05, 0.1) is 43.8 Å². The van der Waals surface area contributed by atoms with Gasteiger partial charge in [0, 0.05) is 96.5 Å². The number of nitrogens with zero attached hydrogens (tertiary/aromatic N) is 7. The van der Waals surface area contributed by atoms with Gasteiger partial charge in [-0.1, -0.05) is 60.3 Å². The van der Waals surface area contributed by atoms with E-state index >= 15 is 13.2 Å². The number of sulfonamides is 3. The van der Waals surface area contributed by atoms with Crippen LogP contribution in [0.1, 0.15) is 135 Å². The van der Waals surface area contributed by atoms with Gasteiger partial charge in [0.25, 0.3) is 30.1 Å². The fraction of sp³-hybridized carbons (Fsp3) is 0.378. The predicted octanol–water partition coefficient (Wildman–Crippen LogP) is 17.8. The van der Waals surface area contributed by atoms with Crippen molar-refractivity contribution in [2.45, 2.75) is 135 Å². The van der Waals surface area contributed by atoms with Crippen LogP contribution in [0.3, 0.4) is 0 Å². The lowest BCUT2D eigenvalue weighted by Crippen LogP contribution is -2.44. The van der Waals surface area contributed by atoms with E-state index in [0.29, 0.717) is 52.6 Å². The van der Waals surface area contributed by atoms with Crippen LogP contribution in [-0.4, -0.2) is 118 Å². The summed E-state index contributed by atoms with van der Waals surface area (Å²) in [5.74, 6) is -10.1. The van der Waals surface area contributed by atoms with Crippen LogP contribution >= 0.6 is 11.3 Å². The first-order valence-corrected chi connectivity index (χ1v) is 40.3. The van der Waals surface area contributed by atoms with E-state index in [2.05, 4.69) is 39.0 Å². The molecule has 3 aromatic heterocycles. The van der Waals surface area contributed by atoms with Crippen molar-refractivity contribution in [2.24, 2.45) is 17.8 Å². The zero-order valence-corrected chi connectivity index (χ0v) is 61.8. The van der Waals surface area contributed by atoms with Gasteiger partial charge in [-0.15, -0.1) is 10.2 Å². The van der Waals surface area contributed by atoms with Crippen LogP contribution in [-0.2, 0) is 30.1 Å². The lowest BCUT2D eigenvalue weighted by Gasteiger charge is -2.46. The topological polar surface area (TPSA) is 241 Å². The summed E-state index contributed by atoms with van der Waals surface area (Å²) in [6.45, 7) is 0.583. The highest BCUT2D eigenvalue weighted by molar-refractivity contribution is 7.93. The summed E-state index contributed by atoms with van der Waals surface area (Å²) in [7, 11) is -13.2. The summed E-state index contributed by atoms with van der Waals surface area (Å²) in [5, 5.41) is 10.6. The number of hydrogen-bond acceptors (Lipinski definition) is 18. The van der Waals surface area contributed by atoms with Gasteiger partial charge in [0.2, 0.25) is 5.13 Å². The summed E-state index contributed by atoms with van der Waals surface area (Å²) in [6, 6.07) is 21.7. The maximum absolute atomic E-state index is 15.3. The van der Waals surface area contributed by atoms with Crippen LogP contribution in [0, 0.1) is 58.5 Å². The Kier molecular flexibility index (Phi) is 25.0. The number of fused-ring (bicyclic) bond motifs is 3. The van der Waals surface area contributed by atoms with E-state index in [1.165, 1.54) is 84.4 Å². The van der Waals surface area contributed by atoms with Gasteiger partial charge in [0.1, 0.15) is 90.2 Å². The minimum absolute atomic E-state index is 0. The smallest absolute Gasteiger partial charge is 0.391 e. The highest BCUT2D eigenvalue weighted by Gasteiger charge is 2.51. The molecule has 0 radical (unpaired) electrons. The number of ether oxygens (including phenoxy) is 3.